The van der Waals surface area contributed by atoms with Crippen LogP contribution >= 0.6 is 0 Å². The van der Waals surface area contributed by atoms with Crippen LogP contribution in [-0.2, 0) is 6.18 Å². The van der Waals surface area contributed by atoms with Crippen LogP contribution in [0.5, 0.6) is 0 Å². The third-order valence-corrected chi connectivity index (χ3v) is 3.33. The first-order valence-corrected chi connectivity index (χ1v) is 6.45. The summed E-state index contributed by atoms with van der Waals surface area (Å²) < 4.78 is 66.9. The summed E-state index contributed by atoms with van der Waals surface area (Å²) in [6, 6.07) is 2.48. The van der Waals surface area contributed by atoms with Gasteiger partial charge in [-0.15, -0.1) is 0 Å². The average Bonchev–Trinajstić information content (AvgIpc) is 2.78. The fourth-order valence-electron chi connectivity index (χ4n) is 2.36. The first kappa shape index (κ1) is 15.3. The lowest BCUT2D eigenvalue weighted by molar-refractivity contribution is -0.141. The number of nitrogens with zero attached hydrogens (tertiary/aromatic N) is 4. The predicted molar refractivity (Wildman–Crippen MR) is 70.6 cm³/mol. The minimum atomic E-state index is -4.63. The number of rotatable bonds is 1. The number of hydrogen-bond acceptors (Lipinski definition) is 3. The van der Waals surface area contributed by atoms with Gasteiger partial charge in [-0.2, -0.15) is 17.6 Å². The Bertz CT molecular complexity index is 914. The van der Waals surface area contributed by atoms with Crippen molar-refractivity contribution < 1.29 is 22.0 Å². The van der Waals surface area contributed by atoms with E-state index in [9.17, 15) is 22.0 Å². The zero-order valence-corrected chi connectivity index (χ0v) is 11.9. The smallest absolute Gasteiger partial charge is 0.285 e. The molecule has 3 aromatic heterocycles. The third kappa shape index (κ3) is 2.51. The predicted octanol–water partition coefficient (Wildman–Crippen LogP) is 3.71. The Hall–Kier alpha value is -2.58. The molecule has 3 rings (SSSR count). The summed E-state index contributed by atoms with van der Waals surface area (Å²) in [4.78, 5) is 10.9. The highest BCUT2D eigenvalue weighted by atomic mass is 19.4. The molecule has 0 saturated carbocycles. The molecule has 0 aromatic carbocycles. The molecule has 0 saturated heterocycles. The molecule has 0 aliphatic heterocycles. The molecule has 0 N–H and O–H groups in total. The Morgan fingerprint density at radius 2 is 1.65 bits per heavy atom. The maximum atomic E-state index is 13.9. The van der Waals surface area contributed by atoms with Gasteiger partial charge in [0, 0.05) is 6.07 Å². The van der Waals surface area contributed by atoms with Gasteiger partial charge in [0.05, 0.1) is 5.69 Å². The Labute approximate surface area is 126 Å². The highest BCUT2D eigenvalue weighted by molar-refractivity contribution is 5.64. The van der Waals surface area contributed by atoms with E-state index in [0.29, 0.717) is 5.69 Å². The summed E-state index contributed by atoms with van der Waals surface area (Å²) in [5.41, 5.74) is -1.25. The Morgan fingerprint density at radius 1 is 0.957 bits per heavy atom. The first-order valence-electron chi connectivity index (χ1n) is 6.45. The molecule has 0 aliphatic carbocycles. The number of pyridine rings is 1. The van der Waals surface area contributed by atoms with Gasteiger partial charge in [-0.25, -0.2) is 19.3 Å². The average molecular weight is 328 g/mol. The molecule has 0 bridgehead atoms. The summed E-state index contributed by atoms with van der Waals surface area (Å²) in [5, 5.41) is 0. The van der Waals surface area contributed by atoms with E-state index in [2.05, 4.69) is 15.0 Å². The van der Waals surface area contributed by atoms with Gasteiger partial charge in [-0.05, 0) is 26.0 Å². The third-order valence-electron chi connectivity index (χ3n) is 3.33. The molecular formula is C14H9F5N4. The molecule has 23 heavy (non-hydrogen) atoms. The summed E-state index contributed by atoms with van der Waals surface area (Å²) in [6.07, 6.45) is -4.63. The minimum Gasteiger partial charge on any atom is -0.285 e. The monoisotopic (exact) mass is 328 g/mol. The van der Waals surface area contributed by atoms with Crippen molar-refractivity contribution in [2.75, 3.05) is 0 Å². The van der Waals surface area contributed by atoms with Crippen molar-refractivity contribution in [3.05, 3.63) is 47.2 Å². The highest BCUT2D eigenvalue weighted by Gasteiger charge is 2.34. The van der Waals surface area contributed by atoms with Crippen molar-refractivity contribution in [3.63, 3.8) is 0 Å². The van der Waals surface area contributed by atoms with Gasteiger partial charge in [0.25, 0.3) is 0 Å². The fourth-order valence-corrected chi connectivity index (χ4v) is 2.36. The molecule has 0 spiro atoms. The molecule has 4 nitrogen and oxygen atoms in total. The van der Waals surface area contributed by atoms with Crippen molar-refractivity contribution >= 4 is 5.65 Å². The molecule has 3 aromatic rings. The van der Waals surface area contributed by atoms with E-state index in [1.807, 2.05) is 0 Å². The molecule has 120 valence electrons. The molecule has 0 unspecified atom stereocenters. The first-order chi connectivity index (χ1) is 10.7. The van der Waals surface area contributed by atoms with Gasteiger partial charge in [0.15, 0.2) is 5.82 Å². The van der Waals surface area contributed by atoms with Gasteiger partial charge in [-0.1, -0.05) is 0 Å². The van der Waals surface area contributed by atoms with Gasteiger partial charge < -0.3 is 0 Å². The number of aromatic nitrogens is 4. The molecular weight excluding hydrogens is 319 g/mol. The summed E-state index contributed by atoms with van der Waals surface area (Å²) >= 11 is 0. The fraction of sp³-hybridized carbons (Fsp3) is 0.214. The van der Waals surface area contributed by atoms with E-state index < -0.39 is 23.6 Å². The minimum absolute atomic E-state index is 0.0305. The lowest BCUT2D eigenvalue weighted by atomic mass is 10.2. The van der Waals surface area contributed by atoms with E-state index in [1.54, 1.807) is 0 Å². The molecule has 9 heteroatoms. The van der Waals surface area contributed by atoms with E-state index in [0.717, 1.165) is 18.2 Å². The van der Waals surface area contributed by atoms with Gasteiger partial charge in [0.2, 0.25) is 5.95 Å². The summed E-state index contributed by atoms with van der Waals surface area (Å²) in [7, 11) is 0. The van der Waals surface area contributed by atoms with Crippen molar-refractivity contribution in [3.8, 4) is 11.4 Å². The second-order valence-electron chi connectivity index (χ2n) is 4.89. The lowest BCUT2D eigenvalue weighted by Crippen LogP contribution is -2.11. The maximum Gasteiger partial charge on any atom is 0.433 e. The second kappa shape index (κ2) is 4.97. The van der Waals surface area contributed by atoms with Crippen LogP contribution in [-0.4, -0.2) is 19.4 Å². The zero-order valence-electron chi connectivity index (χ0n) is 11.9. The van der Waals surface area contributed by atoms with Crippen molar-refractivity contribution in [2.45, 2.75) is 20.0 Å². The van der Waals surface area contributed by atoms with Crippen LogP contribution in [0, 0.1) is 25.6 Å². The van der Waals surface area contributed by atoms with Crippen LogP contribution in [0.4, 0.5) is 22.0 Å². The lowest BCUT2D eigenvalue weighted by Gasteiger charge is -2.08. The number of halogens is 5. The number of aryl methyl sites for hydroxylation is 2. The summed E-state index contributed by atoms with van der Waals surface area (Å²) in [6.45, 7) is 2.89. The van der Waals surface area contributed by atoms with Crippen LogP contribution in [0.1, 0.15) is 17.2 Å². The van der Waals surface area contributed by atoms with Crippen LogP contribution < -0.4 is 0 Å². The standard InChI is InChI=1S/C14H9F5N4/c1-6-12(13-8(15)3-4-10(16)21-13)22-11-5-9(14(17,18)19)20-7(2)23(6)11/h3-5H,1-2H3. The molecule has 3 heterocycles. The number of fused-ring (bicyclic) bond motifs is 1. The van der Waals surface area contributed by atoms with Crippen molar-refractivity contribution in [1.29, 1.82) is 0 Å². The number of alkyl halides is 3. The topological polar surface area (TPSA) is 43.1 Å². The number of hydrogen-bond donors (Lipinski definition) is 0. The van der Waals surface area contributed by atoms with Gasteiger partial charge >= 0.3 is 6.18 Å². The van der Waals surface area contributed by atoms with Crippen molar-refractivity contribution in [2.24, 2.45) is 0 Å². The van der Waals surface area contributed by atoms with Crippen LogP contribution in [0.15, 0.2) is 18.2 Å². The van der Waals surface area contributed by atoms with Gasteiger partial charge in [-0.3, -0.25) is 4.40 Å². The molecule has 0 aliphatic rings. The highest BCUT2D eigenvalue weighted by Crippen LogP contribution is 2.31. The van der Waals surface area contributed by atoms with Crippen molar-refractivity contribution in [1.82, 2.24) is 19.4 Å². The largest absolute Gasteiger partial charge is 0.433 e. The van der Waals surface area contributed by atoms with Crippen LogP contribution in [0.25, 0.3) is 17.0 Å². The SMILES string of the molecule is Cc1nc(C(F)(F)F)cc2nc(-c3nc(F)ccc3F)c(C)n12. The molecule has 0 atom stereocenters. The van der Waals surface area contributed by atoms with Gasteiger partial charge in [0.1, 0.15) is 28.6 Å². The molecule has 0 amide bonds. The van der Waals surface area contributed by atoms with E-state index in [1.165, 1.54) is 18.2 Å². The summed E-state index contributed by atoms with van der Waals surface area (Å²) in [5.74, 6) is -1.70. The maximum absolute atomic E-state index is 13.9. The molecule has 0 fully saturated rings. The normalized spacial score (nSPS) is 12.1. The molecule has 0 radical (unpaired) electrons. The van der Waals surface area contributed by atoms with Crippen LogP contribution in [0.3, 0.4) is 0 Å². The van der Waals surface area contributed by atoms with Crippen LogP contribution in [0.2, 0.25) is 0 Å². The Kier molecular flexibility index (Phi) is 3.31. The van der Waals surface area contributed by atoms with E-state index in [-0.39, 0.29) is 22.9 Å². The quantitative estimate of drug-likeness (QED) is 0.505. The Morgan fingerprint density at radius 3 is 2.30 bits per heavy atom. The Balaban J connectivity index is 2.30. The second-order valence-corrected chi connectivity index (χ2v) is 4.89. The number of imidazole rings is 1. The van der Waals surface area contributed by atoms with E-state index in [4.69, 9.17) is 0 Å². The zero-order chi connectivity index (χ0) is 16.9. The van der Waals surface area contributed by atoms with E-state index >= 15 is 0 Å².